The average Bonchev–Trinajstić information content (AvgIpc) is 2.28. The number of Topliss-reactive ketones (excluding diaryl/α,β-unsaturated/α-hetero) is 1. The Labute approximate surface area is 123 Å². The normalized spacial score (nSPS) is 12.7. The molecule has 5 nitrogen and oxygen atoms in total. The fraction of sp³-hybridized carbons (Fsp3) is 0.429. The largest absolute Gasteiger partial charge is 0.444 e. The quantitative estimate of drug-likeness (QED) is 0.840. The highest BCUT2D eigenvalue weighted by Gasteiger charge is 2.18. The molecule has 1 atom stereocenters. The van der Waals surface area contributed by atoms with Gasteiger partial charge in [-0.1, -0.05) is 11.6 Å². The van der Waals surface area contributed by atoms with E-state index in [4.69, 9.17) is 22.1 Å². The van der Waals surface area contributed by atoms with Crippen LogP contribution in [0.4, 0.5) is 10.5 Å². The van der Waals surface area contributed by atoms with Crippen molar-refractivity contribution in [3.63, 3.8) is 0 Å². The van der Waals surface area contributed by atoms with Gasteiger partial charge in [-0.3, -0.25) is 10.1 Å². The van der Waals surface area contributed by atoms with E-state index in [1.54, 1.807) is 33.8 Å². The molecule has 0 bridgehead atoms. The number of rotatable bonds is 3. The zero-order chi connectivity index (χ0) is 15.5. The molecule has 6 heteroatoms. The van der Waals surface area contributed by atoms with Crippen LogP contribution in [-0.4, -0.2) is 23.5 Å². The summed E-state index contributed by atoms with van der Waals surface area (Å²) in [6.45, 7) is 6.87. The summed E-state index contributed by atoms with van der Waals surface area (Å²) in [7, 11) is 0. The molecular formula is C14H19ClN2O3. The van der Waals surface area contributed by atoms with E-state index in [0.717, 1.165) is 0 Å². The lowest BCUT2D eigenvalue weighted by Crippen LogP contribution is -2.28. The van der Waals surface area contributed by atoms with Gasteiger partial charge in [0.05, 0.1) is 11.1 Å². The number of carbonyl (C=O) groups excluding carboxylic acids is 2. The van der Waals surface area contributed by atoms with Gasteiger partial charge in [0.25, 0.3) is 0 Å². The molecule has 1 rings (SSSR count). The molecule has 0 aliphatic heterocycles. The van der Waals surface area contributed by atoms with Gasteiger partial charge in [0.1, 0.15) is 5.60 Å². The van der Waals surface area contributed by atoms with Crippen LogP contribution in [0.3, 0.4) is 0 Å². The SMILES string of the molecule is CC(N)C(=O)c1cc(NC(=O)OC(C)(C)C)ccc1Cl. The minimum atomic E-state index is -0.663. The topological polar surface area (TPSA) is 81.4 Å². The summed E-state index contributed by atoms with van der Waals surface area (Å²) in [5.41, 5.74) is 5.65. The van der Waals surface area contributed by atoms with Crippen molar-refractivity contribution in [3.8, 4) is 0 Å². The van der Waals surface area contributed by atoms with Crippen LogP contribution in [0.1, 0.15) is 38.1 Å². The first-order valence-corrected chi connectivity index (χ1v) is 6.57. The first-order valence-electron chi connectivity index (χ1n) is 6.19. The number of benzene rings is 1. The standard InChI is InChI=1S/C14H19ClN2O3/c1-8(16)12(18)10-7-9(5-6-11(10)15)17-13(19)20-14(2,3)4/h5-8H,16H2,1-4H3,(H,17,19). The third-order valence-corrected chi connectivity index (χ3v) is 2.62. The van der Waals surface area contributed by atoms with E-state index in [0.29, 0.717) is 10.7 Å². The van der Waals surface area contributed by atoms with Crippen LogP contribution in [0, 0.1) is 0 Å². The first-order chi connectivity index (χ1) is 9.10. The molecule has 110 valence electrons. The van der Waals surface area contributed by atoms with Crippen molar-refractivity contribution in [1.29, 1.82) is 0 Å². The van der Waals surface area contributed by atoms with Gasteiger partial charge in [0, 0.05) is 11.3 Å². The Hall–Kier alpha value is -1.59. The van der Waals surface area contributed by atoms with Crippen molar-refractivity contribution in [2.24, 2.45) is 5.73 Å². The maximum Gasteiger partial charge on any atom is 0.412 e. The minimum absolute atomic E-state index is 0.273. The van der Waals surface area contributed by atoms with Crippen molar-refractivity contribution in [2.45, 2.75) is 39.3 Å². The molecule has 0 heterocycles. The highest BCUT2D eigenvalue weighted by Crippen LogP contribution is 2.22. The van der Waals surface area contributed by atoms with E-state index in [9.17, 15) is 9.59 Å². The summed E-state index contributed by atoms with van der Waals surface area (Å²) in [5.74, 6) is -0.289. The number of ether oxygens (including phenoxy) is 1. The summed E-state index contributed by atoms with van der Waals surface area (Å²) in [4.78, 5) is 23.5. The van der Waals surface area contributed by atoms with Gasteiger partial charge in [0.15, 0.2) is 5.78 Å². The van der Waals surface area contributed by atoms with Gasteiger partial charge in [-0.05, 0) is 45.9 Å². The van der Waals surface area contributed by atoms with Gasteiger partial charge >= 0.3 is 6.09 Å². The molecule has 0 aromatic heterocycles. The smallest absolute Gasteiger partial charge is 0.412 e. The molecule has 0 fully saturated rings. The fourth-order valence-corrected chi connectivity index (χ4v) is 1.67. The van der Waals surface area contributed by atoms with Gasteiger partial charge in [-0.15, -0.1) is 0 Å². The van der Waals surface area contributed by atoms with Crippen molar-refractivity contribution in [2.75, 3.05) is 5.32 Å². The fourth-order valence-electron chi connectivity index (χ4n) is 1.46. The van der Waals surface area contributed by atoms with Crippen molar-refractivity contribution >= 4 is 29.2 Å². The number of hydrogen-bond acceptors (Lipinski definition) is 4. The lowest BCUT2D eigenvalue weighted by atomic mass is 10.1. The van der Waals surface area contributed by atoms with E-state index in [1.807, 2.05) is 0 Å². The van der Waals surface area contributed by atoms with Crippen LogP contribution in [0.15, 0.2) is 18.2 Å². The summed E-state index contributed by atoms with van der Waals surface area (Å²) >= 11 is 5.96. The van der Waals surface area contributed by atoms with Crippen LogP contribution in [0.2, 0.25) is 5.02 Å². The van der Waals surface area contributed by atoms with Gasteiger partial charge in [0.2, 0.25) is 0 Å². The molecule has 1 amide bonds. The Balaban J connectivity index is 2.91. The summed E-state index contributed by atoms with van der Waals surface area (Å²) in [5, 5.41) is 2.84. The number of carbonyl (C=O) groups is 2. The number of nitrogens with two attached hydrogens (primary N) is 1. The number of nitrogens with one attached hydrogen (secondary N) is 1. The highest BCUT2D eigenvalue weighted by molar-refractivity contribution is 6.34. The van der Waals surface area contributed by atoms with Crippen LogP contribution in [-0.2, 0) is 4.74 Å². The van der Waals surface area contributed by atoms with Crippen LogP contribution >= 0.6 is 11.6 Å². The van der Waals surface area contributed by atoms with Gasteiger partial charge in [-0.2, -0.15) is 0 Å². The summed E-state index contributed by atoms with van der Waals surface area (Å²) in [6.07, 6.45) is -0.598. The maximum absolute atomic E-state index is 11.9. The van der Waals surface area contributed by atoms with Crippen molar-refractivity contribution in [3.05, 3.63) is 28.8 Å². The van der Waals surface area contributed by atoms with E-state index in [1.165, 1.54) is 12.1 Å². The maximum atomic E-state index is 11.9. The number of halogens is 1. The molecular weight excluding hydrogens is 280 g/mol. The number of ketones is 1. The second-order valence-electron chi connectivity index (χ2n) is 5.47. The minimum Gasteiger partial charge on any atom is -0.444 e. The molecule has 0 spiro atoms. The predicted octanol–water partition coefficient (Wildman–Crippen LogP) is 3.22. The second-order valence-corrected chi connectivity index (χ2v) is 5.88. The Bertz CT molecular complexity index is 522. The molecule has 1 unspecified atom stereocenters. The Morgan fingerprint density at radius 1 is 1.35 bits per heavy atom. The first kappa shape index (κ1) is 16.5. The molecule has 0 aliphatic carbocycles. The van der Waals surface area contributed by atoms with E-state index in [2.05, 4.69) is 5.32 Å². The molecule has 1 aromatic rings. The third-order valence-electron chi connectivity index (χ3n) is 2.29. The number of hydrogen-bond donors (Lipinski definition) is 2. The Kier molecular flexibility index (Phi) is 5.14. The third kappa shape index (κ3) is 4.83. The van der Waals surface area contributed by atoms with Crippen molar-refractivity contribution in [1.82, 2.24) is 0 Å². The molecule has 0 saturated carbocycles. The predicted molar refractivity (Wildman–Crippen MR) is 79.3 cm³/mol. The van der Waals surface area contributed by atoms with Crippen LogP contribution in [0.5, 0.6) is 0 Å². The van der Waals surface area contributed by atoms with Crippen LogP contribution < -0.4 is 11.1 Å². The molecule has 3 N–H and O–H groups in total. The summed E-state index contributed by atoms with van der Waals surface area (Å²) < 4.78 is 5.13. The monoisotopic (exact) mass is 298 g/mol. The van der Waals surface area contributed by atoms with Gasteiger partial charge in [-0.25, -0.2) is 4.79 Å². The number of amides is 1. The Morgan fingerprint density at radius 2 is 1.95 bits per heavy atom. The zero-order valence-electron chi connectivity index (χ0n) is 12.0. The Morgan fingerprint density at radius 3 is 2.45 bits per heavy atom. The van der Waals surface area contributed by atoms with E-state index < -0.39 is 17.7 Å². The lowest BCUT2D eigenvalue weighted by molar-refractivity contribution is 0.0635. The average molecular weight is 299 g/mol. The molecule has 0 saturated heterocycles. The molecule has 0 radical (unpaired) electrons. The molecule has 0 aliphatic rings. The van der Waals surface area contributed by atoms with E-state index in [-0.39, 0.29) is 11.3 Å². The zero-order valence-corrected chi connectivity index (χ0v) is 12.7. The highest BCUT2D eigenvalue weighted by atomic mass is 35.5. The number of anilines is 1. The van der Waals surface area contributed by atoms with Crippen LogP contribution in [0.25, 0.3) is 0 Å². The van der Waals surface area contributed by atoms with E-state index >= 15 is 0 Å². The van der Waals surface area contributed by atoms with Crippen molar-refractivity contribution < 1.29 is 14.3 Å². The molecule has 20 heavy (non-hydrogen) atoms. The van der Waals surface area contributed by atoms with Gasteiger partial charge < -0.3 is 10.5 Å². The lowest BCUT2D eigenvalue weighted by Gasteiger charge is -2.20. The summed E-state index contributed by atoms with van der Waals surface area (Å²) in [6, 6.07) is 3.94. The second kappa shape index (κ2) is 6.24. The molecule has 1 aromatic carbocycles.